The van der Waals surface area contributed by atoms with Crippen LogP contribution >= 0.6 is 0 Å². The van der Waals surface area contributed by atoms with E-state index in [0.29, 0.717) is 25.2 Å². The van der Waals surface area contributed by atoms with Crippen molar-refractivity contribution in [1.29, 1.82) is 0 Å². The van der Waals surface area contributed by atoms with Gasteiger partial charge in [-0.25, -0.2) is 0 Å². The highest BCUT2D eigenvalue weighted by Crippen LogP contribution is 2.47. The fraction of sp³-hybridized carbons (Fsp3) is 1.00. The predicted octanol–water partition coefficient (Wildman–Crippen LogP) is 0.248. The minimum Gasteiger partial charge on any atom is -0.378 e. The maximum absolute atomic E-state index is 6.01. The van der Waals surface area contributed by atoms with Gasteiger partial charge in [-0.2, -0.15) is 0 Å². The molecule has 88 valence electrons. The van der Waals surface area contributed by atoms with Crippen molar-refractivity contribution in [3.05, 3.63) is 0 Å². The van der Waals surface area contributed by atoms with Gasteiger partial charge in [0.05, 0.1) is 18.3 Å². The molecule has 3 unspecified atom stereocenters. The lowest BCUT2D eigenvalue weighted by atomic mass is 9.79. The second-order valence-corrected chi connectivity index (χ2v) is 4.71. The molecule has 2 heterocycles. The monoisotopic (exact) mass is 214 g/mol. The molecule has 0 saturated carbocycles. The van der Waals surface area contributed by atoms with Crippen molar-refractivity contribution in [2.75, 3.05) is 26.3 Å². The van der Waals surface area contributed by atoms with E-state index in [-0.39, 0.29) is 5.60 Å². The highest BCUT2D eigenvalue weighted by atomic mass is 16.6. The van der Waals surface area contributed by atoms with Gasteiger partial charge in [0.15, 0.2) is 0 Å². The van der Waals surface area contributed by atoms with Crippen LogP contribution in [0.3, 0.4) is 0 Å². The lowest BCUT2D eigenvalue weighted by molar-refractivity contribution is -0.0710. The molecule has 2 saturated heterocycles. The maximum Gasteiger partial charge on any atom is 0.0960 e. The second-order valence-electron chi connectivity index (χ2n) is 4.71. The van der Waals surface area contributed by atoms with Crippen molar-refractivity contribution in [2.45, 2.75) is 37.4 Å². The molecule has 0 aromatic rings. The van der Waals surface area contributed by atoms with Crippen LogP contribution in [-0.2, 0) is 9.47 Å². The van der Waals surface area contributed by atoms with Gasteiger partial charge < -0.3 is 20.9 Å². The summed E-state index contributed by atoms with van der Waals surface area (Å²) in [6, 6.07) is 0. The molecule has 0 amide bonds. The Kier molecular flexibility index (Phi) is 3.61. The molecule has 4 N–H and O–H groups in total. The van der Waals surface area contributed by atoms with E-state index < -0.39 is 0 Å². The van der Waals surface area contributed by atoms with E-state index in [9.17, 15) is 0 Å². The molecule has 2 aliphatic rings. The Bertz CT molecular complexity index is 213. The van der Waals surface area contributed by atoms with Gasteiger partial charge in [-0.05, 0) is 38.8 Å². The third-order valence-corrected chi connectivity index (χ3v) is 3.71. The molecule has 0 aromatic carbocycles. The number of hydrogen-bond donors (Lipinski definition) is 2. The van der Waals surface area contributed by atoms with Crippen LogP contribution < -0.4 is 11.5 Å². The smallest absolute Gasteiger partial charge is 0.0960 e. The van der Waals surface area contributed by atoms with Gasteiger partial charge in [0.1, 0.15) is 0 Å². The van der Waals surface area contributed by atoms with Gasteiger partial charge in [-0.3, -0.25) is 0 Å². The zero-order valence-electron chi connectivity index (χ0n) is 9.28. The van der Waals surface area contributed by atoms with Crippen LogP contribution in [0, 0.1) is 5.92 Å². The molecule has 2 aliphatic heterocycles. The minimum absolute atomic E-state index is 0.0615. The molecular weight excluding hydrogens is 192 g/mol. The summed E-state index contributed by atoms with van der Waals surface area (Å²) < 4.78 is 11.7. The van der Waals surface area contributed by atoms with E-state index in [2.05, 4.69) is 0 Å². The fourth-order valence-corrected chi connectivity index (χ4v) is 2.82. The SMILES string of the molecule is NCCCOCC12CCC(CC1CN)O2. The van der Waals surface area contributed by atoms with Crippen LogP contribution in [0.15, 0.2) is 0 Å². The normalized spacial score (nSPS) is 38.8. The average Bonchev–Trinajstić information content (AvgIpc) is 2.81. The zero-order valence-corrected chi connectivity index (χ0v) is 9.28. The Hall–Kier alpha value is -0.160. The molecule has 2 rings (SSSR count). The van der Waals surface area contributed by atoms with Crippen LogP contribution in [0.2, 0.25) is 0 Å². The Balaban J connectivity index is 1.82. The van der Waals surface area contributed by atoms with Crippen molar-refractivity contribution in [3.63, 3.8) is 0 Å². The van der Waals surface area contributed by atoms with E-state index in [1.165, 1.54) is 6.42 Å². The first kappa shape index (κ1) is 11.3. The van der Waals surface area contributed by atoms with Gasteiger partial charge in [-0.1, -0.05) is 0 Å². The number of fused-ring (bicyclic) bond motifs is 2. The Labute approximate surface area is 91.3 Å². The van der Waals surface area contributed by atoms with Crippen LogP contribution in [0.1, 0.15) is 25.7 Å². The number of rotatable bonds is 6. The summed E-state index contributed by atoms with van der Waals surface area (Å²) in [7, 11) is 0. The lowest BCUT2D eigenvalue weighted by Gasteiger charge is -2.31. The molecular formula is C11H22N2O2. The van der Waals surface area contributed by atoms with E-state index >= 15 is 0 Å². The summed E-state index contributed by atoms with van der Waals surface area (Å²) in [5.41, 5.74) is 11.1. The molecule has 2 bridgehead atoms. The molecule has 0 aliphatic carbocycles. The molecule has 0 radical (unpaired) electrons. The highest BCUT2D eigenvalue weighted by Gasteiger charge is 2.52. The summed E-state index contributed by atoms with van der Waals surface area (Å²) in [4.78, 5) is 0. The van der Waals surface area contributed by atoms with Crippen molar-refractivity contribution < 1.29 is 9.47 Å². The van der Waals surface area contributed by atoms with E-state index in [1.54, 1.807) is 0 Å². The summed E-state index contributed by atoms with van der Waals surface area (Å²) >= 11 is 0. The first-order valence-corrected chi connectivity index (χ1v) is 5.96. The second kappa shape index (κ2) is 4.78. The average molecular weight is 214 g/mol. The van der Waals surface area contributed by atoms with Crippen molar-refractivity contribution in [3.8, 4) is 0 Å². The minimum atomic E-state index is -0.0615. The Morgan fingerprint density at radius 3 is 2.93 bits per heavy atom. The Morgan fingerprint density at radius 2 is 2.27 bits per heavy atom. The molecule has 4 nitrogen and oxygen atoms in total. The van der Waals surface area contributed by atoms with Crippen LogP contribution in [0.25, 0.3) is 0 Å². The molecule has 2 fully saturated rings. The van der Waals surface area contributed by atoms with Crippen LogP contribution in [0.5, 0.6) is 0 Å². The van der Waals surface area contributed by atoms with Gasteiger partial charge in [0.2, 0.25) is 0 Å². The first-order chi connectivity index (χ1) is 7.30. The van der Waals surface area contributed by atoms with Crippen molar-refractivity contribution >= 4 is 0 Å². The summed E-state index contributed by atoms with van der Waals surface area (Å²) in [6.45, 7) is 2.85. The molecule has 3 atom stereocenters. The Morgan fingerprint density at radius 1 is 1.40 bits per heavy atom. The van der Waals surface area contributed by atoms with E-state index in [0.717, 1.165) is 32.4 Å². The zero-order chi connectivity index (χ0) is 10.7. The molecule has 0 spiro atoms. The van der Waals surface area contributed by atoms with Gasteiger partial charge in [-0.15, -0.1) is 0 Å². The summed E-state index contributed by atoms with van der Waals surface area (Å²) in [6.07, 6.45) is 4.78. The molecule has 4 heteroatoms. The van der Waals surface area contributed by atoms with E-state index in [1.807, 2.05) is 0 Å². The third kappa shape index (κ3) is 2.18. The number of hydrogen-bond acceptors (Lipinski definition) is 4. The number of ether oxygens (including phenoxy) is 2. The van der Waals surface area contributed by atoms with Gasteiger partial charge in [0, 0.05) is 12.5 Å². The lowest BCUT2D eigenvalue weighted by Crippen LogP contribution is -2.42. The quantitative estimate of drug-likeness (QED) is 0.622. The first-order valence-electron chi connectivity index (χ1n) is 5.96. The van der Waals surface area contributed by atoms with Crippen molar-refractivity contribution in [1.82, 2.24) is 0 Å². The highest BCUT2D eigenvalue weighted by molar-refractivity contribution is 5.02. The largest absolute Gasteiger partial charge is 0.378 e. The summed E-state index contributed by atoms with van der Waals surface area (Å²) in [5.74, 6) is 0.495. The third-order valence-electron chi connectivity index (χ3n) is 3.71. The van der Waals surface area contributed by atoms with Crippen LogP contribution in [-0.4, -0.2) is 38.0 Å². The van der Waals surface area contributed by atoms with Gasteiger partial charge in [0.25, 0.3) is 0 Å². The molecule has 0 aromatic heterocycles. The standard InChI is InChI=1S/C11H22N2O2/c12-4-1-5-14-8-11-3-2-10(15-11)6-9(11)7-13/h9-10H,1-8,12-13H2. The topological polar surface area (TPSA) is 70.5 Å². The number of nitrogens with two attached hydrogens (primary N) is 2. The van der Waals surface area contributed by atoms with Crippen molar-refractivity contribution in [2.24, 2.45) is 17.4 Å². The van der Waals surface area contributed by atoms with Gasteiger partial charge >= 0.3 is 0 Å². The summed E-state index contributed by atoms with van der Waals surface area (Å²) in [5, 5.41) is 0. The maximum atomic E-state index is 6.01. The van der Waals surface area contributed by atoms with Crippen LogP contribution in [0.4, 0.5) is 0 Å². The fourth-order valence-electron chi connectivity index (χ4n) is 2.82. The predicted molar refractivity (Wildman–Crippen MR) is 58.5 cm³/mol. The molecule has 15 heavy (non-hydrogen) atoms. The van der Waals surface area contributed by atoms with E-state index in [4.69, 9.17) is 20.9 Å².